The molecule has 0 unspecified atom stereocenters. The number of piperidine rings is 1. The van der Waals surface area contributed by atoms with E-state index in [4.69, 9.17) is 4.42 Å². The fourth-order valence-corrected chi connectivity index (χ4v) is 5.30. The largest absolute Gasteiger partial charge is 0.445 e. The van der Waals surface area contributed by atoms with Gasteiger partial charge in [-0.05, 0) is 37.5 Å². The third-order valence-corrected chi connectivity index (χ3v) is 7.12. The number of hydrogen-bond acceptors (Lipinski definition) is 5. The van der Waals surface area contributed by atoms with E-state index in [1.807, 2.05) is 23.1 Å². The van der Waals surface area contributed by atoms with Crippen molar-refractivity contribution in [2.45, 2.75) is 32.1 Å². The molecule has 2 aromatic carbocycles. The van der Waals surface area contributed by atoms with Crippen LogP contribution in [-0.4, -0.2) is 33.9 Å². The number of amides is 1. The summed E-state index contributed by atoms with van der Waals surface area (Å²) in [6.07, 6.45) is 4.29. The molecule has 1 amide bonds. The van der Waals surface area contributed by atoms with Crippen LogP contribution in [0.15, 0.2) is 65.2 Å². The van der Waals surface area contributed by atoms with E-state index in [9.17, 15) is 9.18 Å². The van der Waals surface area contributed by atoms with Crippen molar-refractivity contribution in [3.05, 3.63) is 94.4 Å². The topological polar surface area (TPSA) is 59.2 Å². The van der Waals surface area contributed by atoms with Gasteiger partial charge < -0.3 is 9.32 Å². The average molecular weight is 462 g/mol. The van der Waals surface area contributed by atoms with Gasteiger partial charge in [-0.3, -0.25) is 4.79 Å². The molecule has 168 valence electrons. The number of carbonyl (C=O) groups excluding carboxylic acids is 1. The molecule has 4 aromatic rings. The van der Waals surface area contributed by atoms with Crippen molar-refractivity contribution in [1.29, 1.82) is 0 Å². The molecule has 0 N–H and O–H groups in total. The summed E-state index contributed by atoms with van der Waals surface area (Å²) in [5.41, 5.74) is 2.23. The normalized spacial score (nSPS) is 16.2. The first kappa shape index (κ1) is 21.5. The SMILES string of the molecule is Cc1nc(-c2ccccc2F)sc1C(=O)N1CCC[C@H](c2ncc(Cc3ccccc3)o2)C1. The Morgan fingerprint density at radius 2 is 1.97 bits per heavy atom. The first-order valence-corrected chi connectivity index (χ1v) is 11.9. The van der Waals surface area contributed by atoms with Crippen molar-refractivity contribution >= 4 is 17.2 Å². The maximum Gasteiger partial charge on any atom is 0.265 e. The molecular weight excluding hydrogens is 437 g/mol. The summed E-state index contributed by atoms with van der Waals surface area (Å²) in [6, 6.07) is 16.7. The van der Waals surface area contributed by atoms with Crippen LogP contribution in [0.3, 0.4) is 0 Å². The minimum absolute atomic E-state index is 0.0616. The highest BCUT2D eigenvalue weighted by Crippen LogP contribution is 2.33. The Labute approximate surface area is 195 Å². The zero-order valence-corrected chi connectivity index (χ0v) is 19.1. The monoisotopic (exact) mass is 461 g/mol. The molecule has 0 aliphatic carbocycles. The van der Waals surface area contributed by atoms with Gasteiger partial charge in [0.25, 0.3) is 5.91 Å². The van der Waals surface area contributed by atoms with Crippen LogP contribution in [0.5, 0.6) is 0 Å². The molecule has 33 heavy (non-hydrogen) atoms. The van der Waals surface area contributed by atoms with Crippen LogP contribution >= 0.6 is 11.3 Å². The van der Waals surface area contributed by atoms with E-state index in [0.29, 0.717) is 46.5 Å². The quantitative estimate of drug-likeness (QED) is 0.374. The van der Waals surface area contributed by atoms with Gasteiger partial charge in [0.1, 0.15) is 21.5 Å². The fourth-order valence-electron chi connectivity index (χ4n) is 4.24. The molecule has 2 aromatic heterocycles. The second-order valence-electron chi connectivity index (χ2n) is 8.33. The third kappa shape index (κ3) is 4.59. The van der Waals surface area contributed by atoms with Gasteiger partial charge in [0.05, 0.1) is 17.8 Å². The molecular formula is C26H24FN3O2S. The van der Waals surface area contributed by atoms with Gasteiger partial charge in [-0.15, -0.1) is 11.3 Å². The van der Waals surface area contributed by atoms with Crippen LogP contribution in [0.1, 0.15) is 51.3 Å². The second-order valence-corrected chi connectivity index (χ2v) is 9.33. The van der Waals surface area contributed by atoms with Gasteiger partial charge >= 0.3 is 0 Å². The van der Waals surface area contributed by atoms with E-state index in [1.165, 1.54) is 23.0 Å². The lowest BCUT2D eigenvalue weighted by atomic mass is 9.98. The summed E-state index contributed by atoms with van der Waals surface area (Å²) in [4.78, 5) is 24.7. The van der Waals surface area contributed by atoms with E-state index in [2.05, 4.69) is 22.1 Å². The Morgan fingerprint density at radius 3 is 2.79 bits per heavy atom. The molecule has 1 fully saturated rings. The lowest BCUT2D eigenvalue weighted by Gasteiger charge is -2.31. The molecule has 1 atom stereocenters. The lowest BCUT2D eigenvalue weighted by Crippen LogP contribution is -2.39. The van der Waals surface area contributed by atoms with Crippen LogP contribution in [-0.2, 0) is 6.42 Å². The first-order chi connectivity index (χ1) is 16.1. The molecule has 1 aliphatic rings. The Hall–Kier alpha value is -3.32. The lowest BCUT2D eigenvalue weighted by molar-refractivity contribution is 0.0702. The number of hydrogen-bond donors (Lipinski definition) is 0. The van der Waals surface area contributed by atoms with Gasteiger partial charge in [0.15, 0.2) is 5.89 Å². The van der Waals surface area contributed by atoms with E-state index >= 15 is 0 Å². The molecule has 5 nitrogen and oxygen atoms in total. The predicted molar refractivity (Wildman–Crippen MR) is 126 cm³/mol. The number of carbonyl (C=O) groups is 1. The van der Waals surface area contributed by atoms with Crippen LogP contribution < -0.4 is 0 Å². The molecule has 0 saturated carbocycles. The van der Waals surface area contributed by atoms with E-state index in [-0.39, 0.29) is 17.6 Å². The average Bonchev–Trinajstić information content (AvgIpc) is 3.46. The van der Waals surface area contributed by atoms with E-state index in [1.54, 1.807) is 31.3 Å². The maximum atomic E-state index is 14.2. The minimum Gasteiger partial charge on any atom is -0.445 e. The summed E-state index contributed by atoms with van der Waals surface area (Å²) in [5.74, 6) is 1.18. The van der Waals surface area contributed by atoms with Crippen LogP contribution in [0.25, 0.3) is 10.6 Å². The zero-order valence-electron chi connectivity index (χ0n) is 18.3. The molecule has 1 saturated heterocycles. The number of likely N-dealkylation sites (tertiary alicyclic amines) is 1. The number of benzene rings is 2. The molecule has 1 aliphatic heterocycles. The van der Waals surface area contributed by atoms with Crippen LogP contribution in [0, 0.1) is 12.7 Å². The molecule has 0 radical (unpaired) electrons. The standard InChI is InChI=1S/C26H24FN3O2S/c1-17-23(33-25(29-17)21-11-5-6-12-22(21)27)26(31)30-13-7-10-19(16-30)24-28-15-20(32-24)14-18-8-3-2-4-9-18/h2-6,8-9,11-12,15,19H,7,10,13-14,16H2,1H3/t19-/m0/s1. The van der Waals surface area contributed by atoms with Gasteiger partial charge in [-0.1, -0.05) is 42.5 Å². The van der Waals surface area contributed by atoms with E-state index in [0.717, 1.165) is 18.6 Å². The highest BCUT2D eigenvalue weighted by atomic mass is 32.1. The highest BCUT2D eigenvalue weighted by molar-refractivity contribution is 7.17. The number of rotatable bonds is 5. The van der Waals surface area contributed by atoms with Crippen molar-refractivity contribution in [2.75, 3.05) is 13.1 Å². The van der Waals surface area contributed by atoms with Crippen LogP contribution in [0.4, 0.5) is 4.39 Å². The Balaban J connectivity index is 1.30. The van der Waals surface area contributed by atoms with Gasteiger partial charge in [-0.2, -0.15) is 0 Å². The fraction of sp³-hybridized carbons (Fsp3) is 0.269. The minimum atomic E-state index is -0.335. The van der Waals surface area contributed by atoms with Crippen molar-refractivity contribution < 1.29 is 13.6 Å². The van der Waals surface area contributed by atoms with Crippen LogP contribution in [0.2, 0.25) is 0 Å². The van der Waals surface area contributed by atoms with Crippen molar-refractivity contribution in [2.24, 2.45) is 0 Å². The smallest absolute Gasteiger partial charge is 0.265 e. The molecule has 3 heterocycles. The second kappa shape index (κ2) is 9.27. The number of thiazole rings is 1. The predicted octanol–water partition coefficient (Wildman–Crippen LogP) is 5.86. The molecule has 7 heteroatoms. The first-order valence-electron chi connectivity index (χ1n) is 11.1. The maximum absolute atomic E-state index is 14.2. The summed E-state index contributed by atoms with van der Waals surface area (Å²) < 4.78 is 20.3. The number of halogens is 1. The summed E-state index contributed by atoms with van der Waals surface area (Å²) in [7, 11) is 0. The summed E-state index contributed by atoms with van der Waals surface area (Å²) >= 11 is 1.25. The molecule has 5 rings (SSSR count). The van der Waals surface area contributed by atoms with Crippen molar-refractivity contribution in [3.8, 4) is 10.6 Å². The Morgan fingerprint density at radius 1 is 1.18 bits per heavy atom. The number of nitrogens with zero attached hydrogens (tertiary/aromatic N) is 3. The highest BCUT2D eigenvalue weighted by Gasteiger charge is 2.30. The van der Waals surface area contributed by atoms with E-state index < -0.39 is 0 Å². The Kier molecular flexibility index (Phi) is 6.05. The number of oxazole rings is 1. The summed E-state index contributed by atoms with van der Waals surface area (Å²) in [5, 5.41) is 0.528. The van der Waals surface area contributed by atoms with Crippen molar-refractivity contribution in [1.82, 2.24) is 14.9 Å². The van der Waals surface area contributed by atoms with Gasteiger partial charge in [0, 0.05) is 25.1 Å². The molecule has 0 spiro atoms. The van der Waals surface area contributed by atoms with Crippen molar-refractivity contribution in [3.63, 3.8) is 0 Å². The number of aromatic nitrogens is 2. The Bertz CT molecular complexity index is 1270. The third-order valence-electron chi connectivity index (χ3n) is 5.95. The summed E-state index contributed by atoms with van der Waals surface area (Å²) in [6.45, 7) is 3.04. The van der Waals surface area contributed by atoms with Gasteiger partial charge in [0.2, 0.25) is 0 Å². The number of aryl methyl sites for hydroxylation is 1. The zero-order chi connectivity index (χ0) is 22.8. The molecule has 0 bridgehead atoms. The van der Waals surface area contributed by atoms with Gasteiger partial charge in [-0.25, -0.2) is 14.4 Å².